The number of carbonyl (C=O) groups excluding carboxylic acids is 1. The van der Waals surface area contributed by atoms with Crippen LogP contribution in [-0.4, -0.2) is 25.9 Å². The molecule has 0 bridgehead atoms. The molecule has 0 spiro atoms. The molecule has 0 radical (unpaired) electrons. The van der Waals surface area contributed by atoms with Gasteiger partial charge in [0.05, 0.1) is 15.8 Å². The number of hydrogen-bond acceptors (Lipinski definition) is 5. The van der Waals surface area contributed by atoms with Gasteiger partial charge in [-0.2, -0.15) is 0 Å². The van der Waals surface area contributed by atoms with E-state index in [1.807, 2.05) is 17.5 Å². The van der Waals surface area contributed by atoms with E-state index in [9.17, 15) is 9.18 Å². The van der Waals surface area contributed by atoms with Gasteiger partial charge in [0.1, 0.15) is 5.82 Å². The number of rotatable bonds is 6. The van der Waals surface area contributed by atoms with E-state index in [0.717, 1.165) is 28.7 Å². The molecular weight excluding hydrogens is 451 g/mol. The number of nitrogens with one attached hydrogen (secondary N) is 1. The quantitative estimate of drug-likeness (QED) is 0.496. The van der Waals surface area contributed by atoms with Crippen LogP contribution in [0, 0.1) is 5.82 Å². The first-order valence-electron chi connectivity index (χ1n) is 8.44. The van der Waals surface area contributed by atoms with Gasteiger partial charge in [-0.3, -0.25) is 9.36 Å². The minimum atomic E-state index is -0.476. The standard InChI is InChI=1S/C18H16BrFN4OS2/c1-10(17(25)21-14-7-4-11(19)9-13(14)20)27-18-23-22-16(15-3-2-8-26-15)24(18)12-5-6-12/h2-4,7-10,12H,5-6H2,1H3,(H,21,25)/t10-/m1/s1. The number of nitrogens with zero attached hydrogens (tertiary/aromatic N) is 3. The fraction of sp³-hybridized carbons (Fsp3) is 0.278. The van der Waals surface area contributed by atoms with Crippen molar-refractivity contribution in [1.82, 2.24) is 14.8 Å². The molecule has 1 aromatic carbocycles. The third-order valence-corrected chi connectivity index (χ3v) is 6.57. The van der Waals surface area contributed by atoms with Crippen LogP contribution < -0.4 is 5.32 Å². The van der Waals surface area contributed by atoms with Crippen LogP contribution in [0.25, 0.3) is 10.7 Å². The normalized spacial score (nSPS) is 14.9. The highest BCUT2D eigenvalue weighted by atomic mass is 79.9. The Morgan fingerprint density at radius 2 is 2.22 bits per heavy atom. The van der Waals surface area contributed by atoms with Crippen LogP contribution in [-0.2, 0) is 4.79 Å². The van der Waals surface area contributed by atoms with Crippen molar-refractivity contribution >= 4 is 50.6 Å². The molecule has 9 heteroatoms. The summed E-state index contributed by atoms with van der Waals surface area (Å²) in [5.41, 5.74) is 0.165. The van der Waals surface area contributed by atoms with Gasteiger partial charge in [-0.05, 0) is 49.4 Å². The number of carbonyl (C=O) groups is 1. The van der Waals surface area contributed by atoms with Crippen molar-refractivity contribution < 1.29 is 9.18 Å². The van der Waals surface area contributed by atoms with Crippen LogP contribution in [0.15, 0.2) is 45.3 Å². The highest BCUT2D eigenvalue weighted by molar-refractivity contribution is 9.10. The van der Waals surface area contributed by atoms with E-state index in [-0.39, 0.29) is 11.6 Å². The highest BCUT2D eigenvalue weighted by Crippen LogP contribution is 2.42. The van der Waals surface area contributed by atoms with E-state index in [2.05, 4.69) is 36.0 Å². The number of aromatic nitrogens is 3. The summed E-state index contributed by atoms with van der Waals surface area (Å²) in [4.78, 5) is 13.6. The van der Waals surface area contributed by atoms with Crippen LogP contribution >= 0.6 is 39.0 Å². The number of amides is 1. The van der Waals surface area contributed by atoms with Crippen LogP contribution in [0.4, 0.5) is 10.1 Å². The first kappa shape index (κ1) is 18.6. The third-order valence-electron chi connectivity index (χ3n) is 4.16. The number of hydrogen-bond donors (Lipinski definition) is 1. The molecule has 4 rings (SSSR count). The summed E-state index contributed by atoms with van der Waals surface area (Å²) in [6.45, 7) is 1.79. The smallest absolute Gasteiger partial charge is 0.237 e. The average Bonchev–Trinajstić information content (AvgIpc) is 3.16. The molecule has 0 unspecified atom stereocenters. The van der Waals surface area contributed by atoms with E-state index in [1.165, 1.54) is 23.9 Å². The fourth-order valence-corrected chi connectivity index (χ4v) is 4.59. The summed E-state index contributed by atoms with van der Waals surface area (Å²) in [5.74, 6) is 0.0989. The van der Waals surface area contributed by atoms with Gasteiger partial charge in [0, 0.05) is 10.5 Å². The largest absolute Gasteiger partial charge is 0.323 e. The molecule has 1 aliphatic rings. The SMILES string of the molecule is C[C@@H](Sc1nnc(-c2cccs2)n1C1CC1)C(=O)Nc1ccc(Br)cc1F. The van der Waals surface area contributed by atoms with Gasteiger partial charge in [-0.25, -0.2) is 4.39 Å². The van der Waals surface area contributed by atoms with Gasteiger partial charge < -0.3 is 5.32 Å². The van der Waals surface area contributed by atoms with Gasteiger partial charge >= 0.3 is 0 Å². The number of halogens is 2. The van der Waals surface area contributed by atoms with Crippen molar-refractivity contribution in [2.75, 3.05) is 5.32 Å². The van der Waals surface area contributed by atoms with Crippen molar-refractivity contribution in [3.05, 3.63) is 46.0 Å². The van der Waals surface area contributed by atoms with Crippen molar-refractivity contribution in [2.45, 2.75) is 36.2 Å². The maximum atomic E-state index is 14.0. The van der Waals surface area contributed by atoms with Crippen LogP contribution in [0.3, 0.4) is 0 Å². The summed E-state index contributed by atoms with van der Waals surface area (Å²) >= 11 is 6.17. The van der Waals surface area contributed by atoms with Crippen molar-refractivity contribution in [2.24, 2.45) is 0 Å². The summed E-state index contributed by atoms with van der Waals surface area (Å²) in [6.07, 6.45) is 2.18. The topological polar surface area (TPSA) is 59.8 Å². The third kappa shape index (κ3) is 4.09. The maximum Gasteiger partial charge on any atom is 0.237 e. The summed E-state index contributed by atoms with van der Waals surface area (Å²) in [5, 5.41) is 13.6. The molecular formula is C18H16BrFN4OS2. The van der Waals surface area contributed by atoms with E-state index in [1.54, 1.807) is 24.3 Å². The molecule has 2 aromatic heterocycles. The Kier molecular flexibility index (Phi) is 5.34. The first-order chi connectivity index (χ1) is 13.0. The summed E-state index contributed by atoms with van der Waals surface area (Å²) < 4.78 is 16.7. The Morgan fingerprint density at radius 3 is 2.89 bits per heavy atom. The highest BCUT2D eigenvalue weighted by Gasteiger charge is 2.31. The molecule has 1 fully saturated rings. The molecule has 1 amide bonds. The molecule has 1 atom stereocenters. The zero-order valence-corrected chi connectivity index (χ0v) is 17.6. The lowest BCUT2D eigenvalue weighted by Crippen LogP contribution is -2.23. The first-order valence-corrected chi connectivity index (χ1v) is 11.0. The lowest BCUT2D eigenvalue weighted by molar-refractivity contribution is -0.115. The Morgan fingerprint density at radius 1 is 1.41 bits per heavy atom. The predicted molar refractivity (Wildman–Crippen MR) is 110 cm³/mol. The Labute approximate surface area is 172 Å². The second-order valence-corrected chi connectivity index (χ2v) is 9.43. The predicted octanol–water partition coefficient (Wildman–Crippen LogP) is 5.36. The number of thiophene rings is 1. The molecule has 2 heterocycles. The van der Waals surface area contributed by atoms with Crippen LogP contribution in [0.5, 0.6) is 0 Å². The fourth-order valence-electron chi connectivity index (χ4n) is 2.63. The molecule has 5 nitrogen and oxygen atoms in total. The molecule has 27 heavy (non-hydrogen) atoms. The summed E-state index contributed by atoms with van der Waals surface area (Å²) in [6, 6.07) is 8.95. The van der Waals surface area contributed by atoms with Gasteiger partial charge in [0.25, 0.3) is 0 Å². The van der Waals surface area contributed by atoms with Crippen LogP contribution in [0.2, 0.25) is 0 Å². The van der Waals surface area contributed by atoms with Crippen LogP contribution in [0.1, 0.15) is 25.8 Å². The molecule has 1 N–H and O–H groups in total. The Balaban J connectivity index is 1.51. The van der Waals surface area contributed by atoms with E-state index in [4.69, 9.17) is 0 Å². The lowest BCUT2D eigenvalue weighted by Gasteiger charge is -2.13. The van der Waals surface area contributed by atoms with Crippen molar-refractivity contribution in [1.29, 1.82) is 0 Å². The molecule has 0 saturated heterocycles. The molecule has 1 saturated carbocycles. The zero-order valence-electron chi connectivity index (χ0n) is 14.4. The second-order valence-electron chi connectivity index (χ2n) is 6.26. The van der Waals surface area contributed by atoms with Crippen molar-refractivity contribution in [3.63, 3.8) is 0 Å². The zero-order chi connectivity index (χ0) is 19.0. The second kappa shape index (κ2) is 7.73. The molecule has 0 aliphatic heterocycles. The Bertz CT molecular complexity index is 972. The van der Waals surface area contributed by atoms with Crippen molar-refractivity contribution in [3.8, 4) is 10.7 Å². The van der Waals surface area contributed by atoms with Gasteiger partial charge in [0.2, 0.25) is 5.91 Å². The maximum absolute atomic E-state index is 14.0. The van der Waals surface area contributed by atoms with E-state index >= 15 is 0 Å². The summed E-state index contributed by atoms with van der Waals surface area (Å²) in [7, 11) is 0. The van der Waals surface area contributed by atoms with Gasteiger partial charge in [-0.15, -0.1) is 21.5 Å². The molecule has 1 aliphatic carbocycles. The number of benzene rings is 1. The van der Waals surface area contributed by atoms with E-state index < -0.39 is 11.1 Å². The minimum Gasteiger partial charge on any atom is -0.323 e. The minimum absolute atomic E-state index is 0.165. The number of thioether (sulfide) groups is 1. The molecule has 140 valence electrons. The number of anilines is 1. The lowest BCUT2D eigenvalue weighted by atomic mass is 10.3. The van der Waals surface area contributed by atoms with E-state index in [0.29, 0.717) is 10.5 Å². The molecule has 3 aromatic rings. The average molecular weight is 467 g/mol. The Hall–Kier alpha value is -1.71. The van der Waals surface area contributed by atoms with Gasteiger partial charge in [0.15, 0.2) is 11.0 Å². The van der Waals surface area contributed by atoms with Gasteiger partial charge in [-0.1, -0.05) is 33.8 Å². The monoisotopic (exact) mass is 466 g/mol.